The summed E-state index contributed by atoms with van der Waals surface area (Å²) in [6.07, 6.45) is 0.548. The van der Waals surface area contributed by atoms with Crippen molar-refractivity contribution in [2.24, 2.45) is 5.92 Å². The van der Waals surface area contributed by atoms with E-state index in [-0.39, 0.29) is 5.82 Å². The lowest BCUT2D eigenvalue weighted by Gasteiger charge is -2.09. The van der Waals surface area contributed by atoms with Crippen molar-refractivity contribution in [3.8, 4) is 17.6 Å². The third kappa shape index (κ3) is 6.79. The van der Waals surface area contributed by atoms with Gasteiger partial charge in [-0.05, 0) is 18.1 Å². The van der Waals surface area contributed by atoms with Gasteiger partial charge in [0.2, 0.25) is 0 Å². The molecule has 4 heteroatoms. The van der Waals surface area contributed by atoms with Crippen LogP contribution in [0.1, 0.15) is 25.8 Å². The Balaban J connectivity index is 2.41. The molecule has 0 aliphatic rings. The highest BCUT2D eigenvalue weighted by Crippen LogP contribution is 2.16. The van der Waals surface area contributed by atoms with Gasteiger partial charge in [0.1, 0.15) is 18.2 Å². The lowest BCUT2D eigenvalue weighted by molar-refractivity contribution is 0.0818. The Hall–Kier alpha value is -1.24. The predicted octanol–water partition coefficient (Wildman–Crippen LogP) is 3.86. The van der Waals surface area contributed by atoms with E-state index in [9.17, 15) is 4.39 Å². The molecule has 0 aromatic heterocycles. The second-order valence-electron chi connectivity index (χ2n) is 4.70. The van der Waals surface area contributed by atoms with E-state index >= 15 is 0 Å². The lowest BCUT2D eigenvalue weighted by Crippen LogP contribution is -2.10. The SMILES string of the molecule is CC(C)COCCOc1ccc(C#CCCCl)c(F)c1. The van der Waals surface area contributed by atoms with Crippen LogP contribution in [0, 0.1) is 23.6 Å². The van der Waals surface area contributed by atoms with Crippen LogP contribution in [-0.2, 0) is 4.74 Å². The van der Waals surface area contributed by atoms with Crippen molar-refractivity contribution in [2.75, 3.05) is 25.7 Å². The third-order valence-electron chi connectivity index (χ3n) is 2.33. The molecule has 0 heterocycles. The number of benzene rings is 1. The predicted molar refractivity (Wildman–Crippen MR) is 79.8 cm³/mol. The molecule has 20 heavy (non-hydrogen) atoms. The maximum atomic E-state index is 13.7. The minimum Gasteiger partial charge on any atom is -0.491 e. The fourth-order valence-corrected chi connectivity index (χ4v) is 1.52. The average Bonchev–Trinajstić information content (AvgIpc) is 2.40. The summed E-state index contributed by atoms with van der Waals surface area (Å²) in [5.41, 5.74) is 0.360. The molecule has 0 saturated heterocycles. The van der Waals surface area contributed by atoms with Crippen molar-refractivity contribution < 1.29 is 13.9 Å². The summed E-state index contributed by atoms with van der Waals surface area (Å²) in [5, 5.41) is 0. The van der Waals surface area contributed by atoms with Crippen LogP contribution in [0.5, 0.6) is 5.75 Å². The fourth-order valence-electron chi connectivity index (χ4n) is 1.43. The largest absolute Gasteiger partial charge is 0.491 e. The van der Waals surface area contributed by atoms with Crippen molar-refractivity contribution in [1.82, 2.24) is 0 Å². The van der Waals surface area contributed by atoms with E-state index in [1.165, 1.54) is 6.07 Å². The lowest BCUT2D eigenvalue weighted by atomic mass is 10.2. The fraction of sp³-hybridized carbons (Fsp3) is 0.500. The number of alkyl halides is 1. The highest BCUT2D eigenvalue weighted by molar-refractivity contribution is 6.18. The minimum atomic E-state index is -0.382. The van der Waals surface area contributed by atoms with E-state index in [2.05, 4.69) is 25.7 Å². The molecule has 0 spiro atoms. The molecule has 0 bridgehead atoms. The van der Waals surface area contributed by atoms with Gasteiger partial charge in [-0.1, -0.05) is 25.7 Å². The van der Waals surface area contributed by atoms with Gasteiger partial charge in [-0.25, -0.2) is 4.39 Å². The van der Waals surface area contributed by atoms with E-state index < -0.39 is 0 Å². The molecule has 1 aromatic carbocycles. The molecule has 1 rings (SSSR count). The van der Waals surface area contributed by atoms with Gasteiger partial charge in [0.15, 0.2) is 0 Å². The van der Waals surface area contributed by atoms with Crippen LogP contribution >= 0.6 is 11.6 Å². The summed E-state index contributed by atoms with van der Waals surface area (Å²) >= 11 is 5.51. The molecular weight excluding hydrogens is 279 g/mol. The van der Waals surface area contributed by atoms with Gasteiger partial charge in [0.25, 0.3) is 0 Å². The number of hydrogen-bond acceptors (Lipinski definition) is 2. The Kier molecular flexibility index (Phi) is 8.10. The highest BCUT2D eigenvalue weighted by Gasteiger charge is 2.02. The topological polar surface area (TPSA) is 18.5 Å². The van der Waals surface area contributed by atoms with Gasteiger partial charge in [-0.3, -0.25) is 0 Å². The number of hydrogen-bond donors (Lipinski definition) is 0. The molecule has 0 aliphatic heterocycles. The van der Waals surface area contributed by atoms with Gasteiger partial charge in [-0.2, -0.15) is 0 Å². The Labute approximate surface area is 125 Å². The first-order valence-electron chi connectivity index (χ1n) is 6.68. The maximum absolute atomic E-state index is 13.7. The summed E-state index contributed by atoms with van der Waals surface area (Å²) in [6.45, 7) is 5.77. The first-order valence-corrected chi connectivity index (χ1v) is 7.22. The molecule has 0 radical (unpaired) electrons. The zero-order valence-electron chi connectivity index (χ0n) is 11.9. The molecule has 0 unspecified atom stereocenters. The summed E-state index contributed by atoms with van der Waals surface area (Å²) in [5.74, 6) is 6.59. The van der Waals surface area contributed by atoms with Gasteiger partial charge < -0.3 is 9.47 Å². The molecular formula is C16H20ClFO2. The third-order valence-corrected chi connectivity index (χ3v) is 2.52. The van der Waals surface area contributed by atoms with Gasteiger partial charge in [0, 0.05) is 25.0 Å². The zero-order chi connectivity index (χ0) is 14.8. The van der Waals surface area contributed by atoms with Crippen LogP contribution in [0.2, 0.25) is 0 Å². The van der Waals surface area contributed by atoms with E-state index in [1.54, 1.807) is 12.1 Å². The van der Waals surface area contributed by atoms with Crippen molar-refractivity contribution in [3.05, 3.63) is 29.6 Å². The number of rotatable bonds is 7. The summed E-state index contributed by atoms with van der Waals surface area (Å²) in [4.78, 5) is 0. The number of halogens is 2. The monoisotopic (exact) mass is 298 g/mol. The second-order valence-corrected chi connectivity index (χ2v) is 5.08. The maximum Gasteiger partial charge on any atom is 0.142 e. The Morgan fingerprint density at radius 2 is 2.10 bits per heavy atom. The first kappa shape index (κ1) is 16.8. The van der Waals surface area contributed by atoms with Crippen molar-refractivity contribution in [2.45, 2.75) is 20.3 Å². The number of ether oxygens (including phenoxy) is 2. The molecule has 1 aromatic rings. The van der Waals surface area contributed by atoms with Crippen molar-refractivity contribution in [1.29, 1.82) is 0 Å². The first-order chi connectivity index (χ1) is 9.63. The Bertz CT molecular complexity index is 463. The van der Waals surface area contributed by atoms with E-state index in [0.29, 0.717) is 49.4 Å². The summed E-state index contributed by atoms with van der Waals surface area (Å²) in [6, 6.07) is 4.66. The highest BCUT2D eigenvalue weighted by atomic mass is 35.5. The average molecular weight is 299 g/mol. The van der Waals surface area contributed by atoms with Gasteiger partial charge >= 0.3 is 0 Å². The van der Waals surface area contributed by atoms with Crippen LogP contribution in [-0.4, -0.2) is 25.7 Å². The van der Waals surface area contributed by atoms with Gasteiger partial charge in [0.05, 0.1) is 12.2 Å². The van der Waals surface area contributed by atoms with E-state index in [0.717, 1.165) is 0 Å². The Morgan fingerprint density at radius 3 is 2.75 bits per heavy atom. The summed E-state index contributed by atoms with van der Waals surface area (Å²) < 4.78 is 24.5. The molecule has 0 N–H and O–H groups in total. The van der Waals surface area contributed by atoms with Crippen LogP contribution < -0.4 is 4.74 Å². The standard InChI is InChI=1S/C16H20ClFO2/c1-13(2)12-19-9-10-20-15-7-6-14(16(18)11-15)5-3-4-8-17/h6-7,11,13H,4,8-10,12H2,1-2H3. The van der Waals surface area contributed by atoms with Crippen LogP contribution in [0.15, 0.2) is 18.2 Å². The second kappa shape index (κ2) is 9.63. The Morgan fingerprint density at radius 1 is 1.30 bits per heavy atom. The van der Waals surface area contributed by atoms with Crippen molar-refractivity contribution in [3.63, 3.8) is 0 Å². The molecule has 0 saturated carbocycles. The quantitative estimate of drug-likeness (QED) is 0.432. The van der Waals surface area contributed by atoms with Crippen LogP contribution in [0.3, 0.4) is 0 Å². The van der Waals surface area contributed by atoms with Gasteiger partial charge in [-0.15, -0.1) is 11.6 Å². The minimum absolute atomic E-state index is 0.360. The zero-order valence-corrected chi connectivity index (χ0v) is 12.7. The van der Waals surface area contributed by atoms with E-state index in [4.69, 9.17) is 21.1 Å². The molecule has 110 valence electrons. The molecule has 0 aliphatic carbocycles. The molecule has 0 fully saturated rings. The van der Waals surface area contributed by atoms with E-state index in [1.807, 2.05) is 0 Å². The molecule has 2 nitrogen and oxygen atoms in total. The molecule has 0 amide bonds. The van der Waals surface area contributed by atoms with Crippen LogP contribution in [0.4, 0.5) is 4.39 Å². The molecule has 0 atom stereocenters. The van der Waals surface area contributed by atoms with Crippen LogP contribution in [0.25, 0.3) is 0 Å². The normalized spacial score (nSPS) is 10.2. The summed E-state index contributed by atoms with van der Waals surface area (Å²) in [7, 11) is 0. The van der Waals surface area contributed by atoms with Crippen molar-refractivity contribution >= 4 is 11.6 Å². The smallest absolute Gasteiger partial charge is 0.142 e.